The SMILES string of the molecule is C=CC(CC)c1ccc(Cl)cc1. The van der Waals surface area contributed by atoms with E-state index in [-0.39, 0.29) is 0 Å². The Morgan fingerprint density at radius 2 is 2.00 bits per heavy atom. The summed E-state index contributed by atoms with van der Waals surface area (Å²) in [5, 5.41) is 0.790. The second kappa shape index (κ2) is 4.32. The molecule has 0 aliphatic rings. The summed E-state index contributed by atoms with van der Waals surface area (Å²) in [4.78, 5) is 0. The van der Waals surface area contributed by atoms with Crippen molar-refractivity contribution in [2.45, 2.75) is 19.3 Å². The van der Waals surface area contributed by atoms with E-state index in [0.717, 1.165) is 11.4 Å². The molecule has 0 saturated heterocycles. The minimum Gasteiger partial charge on any atom is -0.102 e. The summed E-state index contributed by atoms with van der Waals surface area (Å²) in [6.45, 7) is 5.95. The molecule has 0 spiro atoms. The monoisotopic (exact) mass is 180 g/mol. The largest absolute Gasteiger partial charge is 0.102 e. The number of allylic oxidation sites excluding steroid dienone is 1. The maximum absolute atomic E-state index is 5.78. The molecule has 12 heavy (non-hydrogen) atoms. The van der Waals surface area contributed by atoms with Crippen LogP contribution in [0.4, 0.5) is 0 Å². The van der Waals surface area contributed by atoms with E-state index < -0.39 is 0 Å². The van der Waals surface area contributed by atoms with E-state index >= 15 is 0 Å². The lowest BCUT2D eigenvalue weighted by molar-refractivity contribution is 0.807. The average molecular weight is 181 g/mol. The van der Waals surface area contributed by atoms with Gasteiger partial charge in [-0.3, -0.25) is 0 Å². The zero-order valence-electron chi connectivity index (χ0n) is 7.26. The Morgan fingerprint density at radius 1 is 1.42 bits per heavy atom. The van der Waals surface area contributed by atoms with Crippen molar-refractivity contribution in [2.75, 3.05) is 0 Å². The second-order valence-electron chi connectivity index (χ2n) is 2.80. The fraction of sp³-hybridized carbons (Fsp3) is 0.273. The molecule has 0 radical (unpaired) electrons. The van der Waals surface area contributed by atoms with Crippen molar-refractivity contribution in [2.24, 2.45) is 0 Å². The first-order valence-corrected chi connectivity index (χ1v) is 4.53. The molecule has 0 N–H and O–H groups in total. The van der Waals surface area contributed by atoms with Crippen LogP contribution in [0, 0.1) is 0 Å². The molecule has 0 fully saturated rings. The molecule has 0 bridgehead atoms. The molecule has 0 aromatic heterocycles. The van der Waals surface area contributed by atoms with Gasteiger partial charge in [-0.05, 0) is 24.1 Å². The Morgan fingerprint density at radius 3 is 2.42 bits per heavy atom. The Bertz CT molecular complexity index is 248. The van der Waals surface area contributed by atoms with Crippen molar-refractivity contribution in [1.29, 1.82) is 0 Å². The maximum atomic E-state index is 5.78. The third-order valence-electron chi connectivity index (χ3n) is 2.02. The predicted molar refractivity (Wildman–Crippen MR) is 54.7 cm³/mol. The molecule has 1 aromatic carbocycles. The topological polar surface area (TPSA) is 0 Å². The highest BCUT2D eigenvalue weighted by atomic mass is 35.5. The summed E-state index contributed by atoms with van der Waals surface area (Å²) >= 11 is 5.78. The second-order valence-corrected chi connectivity index (χ2v) is 3.24. The molecule has 0 aliphatic heterocycles. The van der Waals surface area contributed by atoms with Gasteiger partial charge in [0.25, 0.3) is 0 Å². The van der Waals surface area contributed by atoms with Gasteiger partial charge in [-0.2, -0.15) is 0 Å². The van der Waals surface area contributed by atoms with Crippen LogP contribution in [0.2, 0.25) is 5.02 Å². The highest BCUT2D eigenvalue weighted by Gasteiger charge is 2.02. The molecule has 0 heterocycles. The van der Waals surface area contributed by atoms with E-state index in [1.165, 1.54) is 5.56 Å². The lowest BCUT2D eigenvalue weighted by Gasteiger charge is -2.09. The van der Waals surface area contributed by atoms with Crippen LogP contribution in [0.15, 0.2) is 36.9 Å². The van der Waals surface area contributed by atoms with Gasteiger partial charge in [0.2, 0.25) is 0 Å². The highest BCUT2D eigenvalue weighted by molar-refractivity contribution is 6.30. The number of benzene rings is 1. The molecule has 0 nitrogen and oxygen atoms in total. The molecule has 0 saturated carbocycles. The summed E-state index contributed by atoms with van der Waals surface area (Å²) in [7, 11) is 0. The lowest BCUT2D eigenvalue weighted by Crippen LogP contribution is -1.91. The van der Waals surface area contributed by atoms with Gasteiger partial charge in [0.15, 0.2) is 0 Å². The Hall–Kier alpha value is -0.750. The summed E-state index contributed by atoms with van der Waals surface area (Å²) in [5.41, 5.74) is 1.29. The zero-order valence-corrected chi connectivity index (χ0v) is 8.01. The van der Waals surface area contributed by atoms with Crippen LogP contribution in [0.5, 0.6) is 0 Å². The number of halogens is 1. The van der Waals surface area contributed by atoms with E-state index in [1.54, 1.807) is 0 Å². The van der Waals surface area contributed by atoms with Gasteiger partial charge in [0, 0.05) is 10.9 Å². The van der Waals surface area contributed by atoms with Crippen LogP contribution < -0.4 is 0 Å². The third-order valence-corrected chi connectivity index (χ3v) is 2.27. The molecule has 1 heteroatoms. The normalized spacial score (nSPS) is 12.5. The highest BCUT2D eigenvalue weighted by Crippen LogP contribution is 2.21. The number of hydrogen-bond donors (Lipinski definition) is 0. The van der Waals surface area contributed by atoms with Gasteiger partial charge in [-0.15, -0.1) is 6.58 Å². The fourth-order valence-electron chi connectivity index (χ4n) is 1.25. The minimum absolute atomic E-state index is 0.460. The standard InChI is InChI=1S/C11H13Cl/c1-3-9(4-2)10-5-7-11(12)8-6-10/h3,5-9H,1,4H2,2H3. The molecule has 1 atom stereocenters. The molecule has 64 valence electrons. The Kier molecular flexibility index (Phi) is 3.36. The van der Waals surface area contributed by atoms with Gasteiger partial charge in [-0.1, -0.05) is 36.7 Å². The van der Waals surface area contributed by atoms with E-state index in [9.17, 15) is 0 Å². The Labute approximate surface area is 78.9 Å². The maximum Gasteiger partial charge on any atom is 0.0406 e. The molecule has 0 amide bonds. The van der Waals surface area contributed by atoms with Crippen molar-refractivity contribution < 1.29 is 0 Å². The summed E-state index contributed by atoms with van der Waals surface area (Å²) in [6.07, 6.45) is 3.06. The van der Waals surface area contributed by atoms with Crippen molar-refractivity contribution in [3.63, 3.8) is 0 Å². The Balaban J connectivity index is 2.87. The third kappa shape index (κ3) is 2.12. The van der Waals surface area contributed by atoms with Crippen molar-refractivity contribution in [1.82, 2.24) is 0 Å². The first-order valence-electron chi connectivity index (χ1n) is 4.16. The first-order chi connectivity index (χ1) is 5.77. The smallest absolute Gasteiger partial charge is 0.0406 e. The predicted octanol–water partition coefficient (Wildman–Crippen LogP) is 4.02. The lowest BCUT2D eigenvalue weighted by atomic mass is 9.97. The van der Waals surface area contributed by atoms with Gasteiger partial charge >= 0.3 is 0 Å². The first kappa shape index (κ1) is 9.34. The van der Waals surface area contributed by atoms with Crippen LogP contribution >= 0.6 is 11.6 Å². The summed E-state index contributed by atoms with van der Waals surface area (Å²) < 4.78 is 0. The fourth-order valence-corrected chi connectivity index (χ4v) is 1.37. The minimum atomic E-state index is 0.460. The van der Waals surface area contributed by atoms with Crippen LogP contribution in [0.1, 0.15) is 24.8 Å². The van der Waals surface area contributed by atoms with Crippen molar-refractivity contribution >= 4 is 11.6 Å². The number of hydrogen-bond acceptors (Lipinski definition) is 0. The van der Waals surface area contributed by atoms with Crippen molar-refractivity contribution in [3.8, 4) is 0 Å². The van der Waals surface area contributed by atoms with Crippen LogP contribution in [0.3, 0.4) is 0 Å². The molecular formula is C11H13Cl. The van der Waals surface area contributed by atoms with Gasteiger partial charge < -0.3 is 0 Å². The van der Waals surface area contributed by atoms with E-state index in [2.05, 4.69) is 25.6 Å². The van der Waals surface area contributed by atoms with Gasteiger partial charge in [0.05, 0.1) is 0 Å². The van der Waals surface area contributed by atoms with Crippen LogP contribution in [-0.2, 0) is 0 Å². The van der Waals surface area contributed by atoms with E-state index in [0.29, 0.717) is 5.92 Å². The molecule has 1 rings (SSSR count). The average Bonchev–Trinajstić information content (AvgIpc) is 2.10. The summed E-state index contributed by atoms with van der Waals surface area (Å²) in [5.74, 6) is 0.460. The van der Waals surface area contributed by atoms with Crippen molar-refractivity contribution in [3.05, 3.63) is 47.5 Å². The zero-order chi connectivity index (χ0) is 8.97. The molecular weight excluding hydrogens is 168 g/mol. The van der Waals surface area contributed by atoms with Gasteiger partial charge in [0.1, 0.15) is 0 Å². The van der Waals surface area contributed by atoms with Crippen LogP contribution in [0.25, 0.3) is 0 Å². The van der Waals surface area contributed by atoms with Gasteiger partial charge in [-0.25, -0.2) is 0 Å². The summed E-state index contributed by atoms with van der Waals surface area (Å²) in [6, 6.07) is 7.95. The van der Waals surface area contributed by atoms with Crippen LogP contribution in [-0.4, -0.2) is 0 Å². The van der Waals surface area contributed by atoms with E-state index in [1.807, 2.05) is 18.2 Å². The molecule has 1 aromatic rings. The quantitative estimate of drug-likeness (QED) is 0.617. The number of rotatable bonds is 3. The molecule has 0 aliphatic carbocycles. The van der Waals surface area contributed by atoms with E-state index in [4.69, 9.17) is 11.6 Å². The molecule has 1 unspecified atom stereocenters.